The second-order valence-corrected chi connectivity index (χ2v) is 6.75. The molecule has 0 saturated carbocycles. The Morgan fingerprint density at radius 2 is 2.00 bits per heavy atom. The highest BCUT2D eigenvalue weighted by atomic mass is 15.3. The molecule has 2 atom stereocenters. The minimum absolute atomic E-state index is 0.127. The molecule has 112 valence electrons. The van der Waals surface area contributed by atoms with E-state index in [1.165, 1.54) is 24.9 Å². The number of hydrogen-bond donors (Lipinski definition) is 1. The van der Waals surface area contributed by atoms with Crippen LogP contribution in [0.2, 0.25) is 0 Å². The maximum Gasteiger partial charge on any atom is 0.0558 e. The van der Waals surface area contributed by atoms with Gasteiger partial charge >= 0.3 is 0 Å². The van der Waals surface area contributed by atoms with E-state index in [4.69, 9.17) is 0 Å². The zero-order valence-corrected chi connectivity index (χ0v) is 13.5. The monoisotopic (exact) mass is 274 g/mol. The van der Waals surface area contributed by atoms with Crippen molar-refractivity contribution in [2.45, 2.75) is 52.1 Å². The van der Waals surface area contributed by atoms with Gasteiger partial charge < -0.3 is 5.32 Å². The molecule has 0 radical (unpaired) electrons. The van der Waals surface area contributed by atoms with Gasteiger partial charge in [0.25, 0.3) is 0 Å². The lowest BCUT2D eigenvalue weighted by Crippen LogP contribution is -2.61. The van der Waals surface area contributed by atoms with E-state index in [1.807, 2.05) is 0 Å². The van der Waals surface area contributed by atoms with Crippen molar-refractivity contribution >= 4 is 0 Å². The molecule has 0 aromatic heterocycles. The van der Waals surface area contributed by atoms with Gasteiger partial charge in [-0.3, -0.25) is 4.90 Å². The van der Waals surface area contributed by atoms with Crippen molar-refractivity contribution in [3.63, 3.8) is 0 Å². The maximum absolute atomic E-state index is 3.73. The summed E-state index contributed by atoms with van der Waals surface area (Å²) in [6, 6.07) is 11.6. The molecule has 2 rings (SSSR count). The molecule has 1 aliphatic rings. The Balaban J connectivity index is 2.19. The van der Waals surface area contributed by atoms with Crippen LogP contribution in [-0.2, 0) is 5.54 Å². The van der Waals surface area contributed by atoms with E-state index in [0.717, 1.165) is 19.0 Å². The smallest absolute Gasteiger partial charge is 0.0558 e. The third-order valence-electron chi connectivity index (χ3n) is 4.74. The molecule has 0 amide bonds. The Kier molecular flexibility index (Phi) is 5.22. The molecule has 0 bridgehead atoms. The Morgan fingerprint density at radius 3 is 2.60 bits per heavy atom. The van der Waals surface area contributed by atoms with Gasteiger partial charge in [0.15, 0.2) is 0 Å². The molecule has 1 heterocycles. The predicted octanol–water partition coefficient (Wildman–Crippen LogP) is 3.63. The quantitative estimate of drug-likeness (QED) is 0.882. The minimum Gasteiger partial charge on any atom is -0.311 e. The van der Waals surface area contributed by atoms with Crippen molar-refractivity contribution in [2.24, 2.45) is 5.92 Å². The summed E-state index contributed by atoms with van der Waals surface area (Å²) in [7, 11) is 0. The summed E-state index contributed by atoms with van der Waals surface area (Å²) in [6.45, 7) is 12.7. The topological polar surface area (TPSA) is 15.3 Å². The molecule has 1 fully saturated rings. The first-order valence-corrected chi connectivity index (χ1v) is 8.10. The Hall–Kier alpha value is -0.860. The van der Waals surface area contributed by atoms with Crippen LogP contribution in [0, 0.1) is 5.92 Å². The average molecular weight is 274 g/mol. The van der Waals surface area contributed by atoms with E-state index in [2.05, 4.69) is 68.2 Å². The molecule has 1 N–H and O–H groups in total. The SMILES string of the molecule is CCC1CN(CCC(C)C)C(C)(c2ccccc2)CN1. The molecular weight excluding hydrogens is 244 g/mol. The second-order valence-electron chi connectivity index (χ2n) is 6.75. The molecule has 1 aromatic carbocycles. The van der Waals surface area contributed by atoms with E-state index >= 15 is 0 Å². The summed E-state index contributed by atoms with van der Waals surface area (Å²) in [5, 5.41) is 3.73. The van der Waals surface area contributed by atoms with E-state index < -0.39 is 0 Å². The highest BCUT2D eigenvalue weighted by Crippen LogP contribution is 2.31. The second kappa shape index (κ2) is 6.73. The molecule has 1 aliphatic heterocycles. The molecule has 2 heteroatoms. The van der Waals surface area contributed by atoms with Crippen LogP contribution in [0.5, 0.6) is 0 Å². The standard InChI is InChI=1S/C18H30N2/c1-5-17-13-20(12-11-15(2)3)18(4,14-19-17)16-9-7-6-8-10-16/h6-10,15,17,19H,5,11-14H2,1-4H3. The van der Waals surface area contributed by atoms with Gasteiger partial charge in [0.2, 0.25) is 0 Å². The van der Waals surface area contributed by atoms with Crippen LogP contribution in [0.4, 0.5) is 0 Å². The van der Waals surface area contributed by atoms with Crippen molar-refractivity contribution in [1.29, 1.82) is 0 Å². The van der Waals surface area contributed by atoms with Gasteiger partial charge in [-0.15, -0.1) is 0 Å². The number of rotatable bonds is 5. The van der Waals surface area contributed by atoms with E-state index in [9.17, 15) is 0 Å². The Bertz CT molecular complexity index is 401. The first kappa shape index (κ1) is 15.5. The number of hydrogen-bond acceptors (Lipinski definition) is 2. The minimum atomic E-state index is 0.127. The number of benzene rings is 1. The summed E-state index contributed by atoms with van der Waals surface area (Å²) in [5.41, 5.74) is 1.56. The fraction of sp³-hybridized carbons (Fsp3) is 0.667. The number of nitrogens with one attached hydrogen (secondary N) is 1. The van der Waals surface area contributed by atoms with Crippen LogP contribution in [-0.4, -0.2) is 30.6 Å². The van der Waals surface area contributed by atoms with Gasteiger partial charge in [0, 0.05) is 19.1 Å². The van der Waals surface area contributed by atoms with Crippen LogP contribution < -0.4 is 5.32 Å². The van der Waals surface area contributed by atoms with Gasteiger partial charge in [-0.05, 0) is 37.8 Å². The third-order valence-corrected chi connectivity index (χ3v) is 4.74. The summed E-state index contributed by atoms with van der Waals surface area (Å²) < 4.78 is 0. The van der Waals surface area contributed by atoms with Crippen LogP contribution in [0.3, 0.4) is 0 Å². The molecule has 1 saturated heterocycles. The summed E-state index contributed by atoms with van der Waals surface area (Å²) in [5.74, 6) is 0.769. The molecule has 2 nitrogen and oxygen atoms in total. The molecule has 2 unspecified atom stereocenters. The summed E-state index contributed by atoms with van der Waals surface area (Å²) in [6.07, 6.45) is 2.49. The largest absolute Gasteiger partial charge is 0.311 e. The average Bonchev–Trinajstić information content (AvgIpc) is 2.47. The first-order valence-electron chi connectivity index (χ1n) is 8.10. The van der Waals surface area contributed by atoms with Crippen LogP contribution in [0.1, 0.15) is 46.1 Å². The van der Waals surface area contributed by atoms with Crippen molar-refractivity contribution in [3.8, 4) is 0 Å². The van der Waals surface area contributed by atoms with Crippen LogP contribution in [0.15, 0.2) is 30.3 Å². The summed E-state index contributed by atoms with van der Waals surface area (Å²) in [4.78, 5) is 2.70. The Labute approximate surface area is 124 Å². The van der Waals surface area contributed by atoms with Crippen molar-refractivity contribution < 1.29 is 0 Å². The highest BCUT2D eigenvalue weighted by Gasteiger charge is 2.38. The fourth-order valence-electron chi connectivity index (χ4n) is 3.09. The van der Waals surface area contributed by atoms with Gasteiger partial charge in [-0.1, -0.05) is 51.1 Å². The summed E-state index contributed by atoms with van der Waals surface area (Å²) >= 11 is 0. The van der Waals surface area contributed by atoms with Gasteiger partial charge in [0.1, 0.15) is 0 Å². The Morgan fingerprint density at radius 1 is 1.30 bits per heavy atom. The van der Waals surface area contributed by atoms with E-state index in [1.54, 1.807) is 0 Å². The predicted molar refractivity (Wildman–Crippen MR) is 86.9 cm³/mol. The van der Waals surface area contributed by atoms with Crippen molar-refractivity contribution in [1.82, 2.24) is 10.2 Å². The highest BCUT2D eigenvalue weighted by molar-refractivity contribution is 5.25. The van der Waals surface area contributed by atoms with E-state index in [-0.39, 0.29) is 5.54 Å². The lowest BCUT2D eigenvalue weighted by molar-refractivity contribution is 0.0447. The molecule has 1 aromatic rings. The van der Waals surface area contributed by atoms with Gasteiger partial charge in [0.05, 0.1) is 5.54 Å². The first-order chi connectivity index (χ1) is 9.56. The molecule has 20 heavy (non-hydrogen) atoms. The molecule has 0 aliphatic carbocycles. The van der Waals surface area contributed by atoms with Gasteiger partial charge in [-0.2, -0.15) is 0 Å². The van der Waals surface area contributed by atoms with E-state index in [0.29, 0.717) is 6.04 Å². The van der Waals surface area contributed by atoms with Gasteiger partial charge in [-0.25, -0.2) is 0 Å². The normalized spacial score (nSPS) is 27.9. The zero-order chi connectivity index (χ0) is 14.6. The van der Waals surface area contributed by atoms with Crippen molar-refractivity contribution in [3.05, 3.63) is 35.9 Å². The maximum atomic E-state index is 3.73. The number of nitrogens with zero attached hydrogens (tertiary/aromatic N) is 1. The fourth-order valence-corrected chi connectivity index (χ4v) is 3.09. The van der Waals surface area contributed by atoms with Crippen molar-refractivity contribution in [2.75, 3.05) is 19.6 Å². The third kappa shape index (κ3) is 3.42. The molecule has 0 spiro atoms. The van der Waals surface area contributed by atoms with Crippen LogP contribution >= 0.6 is 0 Å². The zero-order valence-electron chi connectivity index (χ0n) is 13.5. The lowest BCUT2D eigenvalue weighted by atomic mass is 9.86. The number of piperazine rings is 1. The van der Waals surface area contributed by atoms with Crippen LogP contribution in [0.25, 0.3) is 0 Å². The molecular formula is C18H30N2. The lowest BCUT2D eigenvalue weighted by Gasteiger charge is -2.48.